The van der Waals surface area contributed by atoms with Crippen LogP contribution in [0.5, 0.6) is 0 Å². The molecule has 0 rings (SSSR count). The van der Waals surface area contributed by atoms with Gasteiger partial charge in [0.2, 0.25) is 0 Å². The molecule has 0 heterocycles. The Morgan fingerprint density at radius 2 is 0.312 bits per heavy atom. The number of rotatable bonds is 0. The van der Waals surface area contributed by atoms with Crippen molar-refractivity contribution in [1.29, 1.82) is 0 Å². The fourth-order valence-corrected chi connectivity index (χ4v) is 0. The molecule has 0 N–H and O–H groups in total. The average molecular weight is 457 g/mol. The third kappa shape index (κ3) is 1200. The monoisotopic (exact) mass is 456 g/mol. The maximum atomic E-state index is 8.49. The van der Waals surface area contributed by atoms with Crippen LogP contribution >= 0.6 is 0 Å². The largest absolute Gasteiger partial charge is 3.00 e. The van der Waals surface area contributed by atoms with E-state index in [-0.39, 0.29) is 38.6 Å². The average Bonchev–Trinajstić information content (AvgIpc) is 1.41. The fourth-order valence-electron chi connectivity index (χ4n) is 0. The van der Waals surface area contributed by atoms with Crippen molar-refractivity contribution in [3.8, 4) is 0 Å². The van der Waals surface area contributed by atoms with E-state index in [1.165, 1.54) is 0 Å². The van der Waals surface area contributed by atoms with Crippen molar-refractivity contribution in [3.05, 3.63) is 0 Å². The molecular formula is Cl3O12Tb. The SMILES string of the molecule is [O-][Cl+3]([O-])([O-])[O-].[O-][Cl+3]([O-])([O-])[O-].[O-][Cl+3]([O-])([O-])[O-].[Tb+3]. The zero-order valence-electron chi connectivity index (χ0n) is 6.37. The van der Waals surface area contributed by atoms with Crippen molar-refractivity contribution in [2.24, 2.45) is 0 Å². The molecule has 0 aromatic carbocycles. The molecule has 16 heteroatoms. The summed E-state index contributed by atoms with van der Waals surface area (Å²) in [5, 5.41) is 0. The number of hydrogen-bond acceptors (Lipinski definition) is 12. The topological polar surface area (TPSA) is 277 Å². The Kier molecular flexibility index (Phi) is 17.4. The number of hydrogen-bond donors (Lipinski definition) is 0. The maximum Gasteiger partial charge on any atom is 3.00 e. The van der Waals surface area contributed by atoms with Gasteiger partial charge in [-0.3, -0.25) is 0 Å². The molecule has 0 fully saturated rings. The number of halogens is 3. The van der Waals surface area contributed by atoms with Gasteiger partial charge in [0.1, 0.15) is 0 Å². The van der Waals surface area contributed by atoms with Crippen LogP contribution in [0.4, 0.5) is 0 Å². The summed E-state index contributed by atoms with van der Waals surface area (Å²) in [7, 11) is -14.8. The Bertz CT molecular complexity index is 91.3. The van der Waals surface area contributed by atoms with Gasteiger partial charge in [-0.15, -0.1) is 30.7 Å². The Labute approximate surface area is 124 Å². The first-order valence-corrected chi connectivity index (χ1v) is 5.55. The van der Waals surface area contributed by atoms with E-state index in [2.05, 4.69) is 0 Å². The summed E-state index contributed by atoms with van der Waals surface area (Å²) < 4.78 is 102. The van der Waals surface area contributed by atoms with E-state index in [9.17, 15) is 0 Å². The Morgan fingerprint density at radius 3 is 0.312 bits per heavy atom. The van der Waals surface area contributed by atoms with Crippen molar-refractivity contribution in [2.75, 3.05) is 0 Å². The molecule has 0 radical (unpaired) electrons. The van der Waals surface area contributed by atoms with Crippen LogP contribution in [-0.4, -0.2) is 0 Å². The van der Waals surface area contributed by atoms with Crippen LogP contribution in [0, 0.1) is 69.3 Å². The molecule has 0 aromatic heterocycles. The Hall–Kier alpha value is 1.68. The van der Waals surface area contributed by atoms with E-state index in [1.807, 2.05) is 0 Å². The van der Waals surface area contributed by atoms with Crippen LogP contribution < -0.4 is 55.9 Å². The summed E-state index contributed by atoms with van der Waals surface area (Å²) in [6.45, 7) is 0. The molecule has 0 aliphatic carbocycles. The van der Waals surface area contributed by atoms with E-state index in [0.29, 0.717) is 0 Å². The van der Waals surface area contributed by atoms with Gasteiger partial charge < -0.3 is 0 Å². The summed E-state index contributed by atoms with van der Waals surface area (Å²) in [5.41, 5.74) is 0. The van der Waals surface area contributed by atoms with Crippen LogP contribution in [0.2, 0.25) is 0 Å². The minimum Gasteiger partial charge on any atom is -0.222 e. The third-order valence-corrected chi connectivity index (χ3v) is 0. The molecule has 0 saturated heterocycles. The molecule has 0 aromatic rings. The normalized spacial score (nSPS) is 11.2. The van der Waals surface area contributed by atoms with Gasteiger partial charge in [-0.05, 0) is 0 Å². The van der Waals surface area contributed by atoms with Crippen LogP contribution in [0.3, 0.4) is 0 Å². The Morgan fingerprint density at radius 1 is 0.312 bits per heavy atom. The van der Waals surface area contributed by atoms with E-state index >= 15 is 0 Å². The van der Waals surface area contributed by atoms with Crippen molar-refractivity contribution in [1.82, 2.24) is 0 Å². The van der Waals surface area contributed by atoms with E-state index in [4.69, 9.17) is 55.9 Å². The van der Waals surface area contributed by atoms with Gasteiger partial charge in [0, 0.05) is 0 Å². The molecule has 0 saturated carbocycles. The summed E-state index contributed by atoms with van der Waals surface area (Å²) in [6, 6.07) is 0. The zero-order valence-corrected chi connectivity index (χ0v) is 10.8. The van der Waals surface area contributed by atoms with E-state index in [0.717, 1.165) is 0 Å². The van der Waals surface area contributed by atoms with Crippen LogP contribution in [0.15, 0.2) is 0 Å². The van der Waals surface area contributed by atoms with Crippen molar-refractivity contribution in [2.45, 2.75) is 0 Å². The van der Waals surface area contributed by atoms with Gasteiger partial charge in [0.25, 0.3) is 0 Å². The van der Waals surface area contributed by atoms with E-state index in [1.54, 1.807) is 0 Å². The molecule has 102 valence electrons. The molecule has 0 aliphatic rings. The summed E-state index contributed by atoms with van der Waals surface area (Å²) in [4.78, 5) is 0. The molecule has 0 unspecified atom stereocenters. The smallest absolute Gasteiger partial charge is 0.222 e. The zero-order chi connectivity index (χ0) is 13.5. The Balaban J connectivity index is -0.0000000655. The fraction of sp³-hybridized carbons (Fsp3) is 0. The first-order chi connectivity index (χ1) is 6.00. The van der Waals surface area contributed by atoms with Gasteiger partial charge in [0.15, 0.2) is 0 Å². The first kappa shape index (κ1) is 26.3. The van der Waals surface area contributed by atoms with Gasteiger partial charge in [0.05, 0.1) is 0 Å². The maximum absolute atomic E-state index is 8.49. The summed E-state index contributed by atoms with van der Waals surface area (Å²) in [6.07, 6.45) is 0. The van der Waals surface area contributed by atoms with Gasteiger partial charge in [-0.2, -0.15) is 0 Å². The van der Waals surface area contributed by atoms with Crippen molar-refractivity contribution < 1.29 is 125 Å². The molecular weight excluding hydrogens is 457 g/mol. The van der Waals surface area contributed by atoms with Crippen molar-refractivity contribution in [3.63, 3.8) is 0 Å². The predicted molar refractivity (Wildman–Crippen MR) is 0 cm³/mol. The second kappa shape index (κ2) is 10.6. The third-order valence-electron chi connectivity index (χ3n) is 0. The van der Waals surface area contributed by atoms with Crippen LogP contribution in [0.25, 0.3) is 0 Å². The molecule has 0 bridgehead atoms. The van der Waals surface area contributed by atoms with Crippen LogP contribution in [-0.2, 0) is 0 Å². The minimum atomic E-state index is -4.94. The predicted octanol–water partition coefficient (Wildman–Crippen LogP) is -14.3. The molecule has 0 spiro atoms. The van der Waals surface area contributed by atoms with Crippen molar-refractivity contribution >= 4 is 0 Å². The van der Waals surface area contributed by atoms with Gasteiger partial charge >= 0.3 is 38.6 Å². The van der Waals surface area contributed by atoms with E-state index < -0.39 is 30.7 Å². The van der Waals surface area contributed by atoms with Gasteiger partial charge in [-0.1, -0.05) is 0 Å². The first-order valence-electron chi connectivity index (χ1n) is 1.85. The molecule has 16 heavy (non-hydrogen) atoms. The second-order valence-electron chi connectivity index (χ2n) is 1.13. The molecule has 0 aliphatic heterocycles. The summed E-state index contributed by atoms with van der Waals surface area (Å²) >= 11 is 0. The van der Waals surface area contributed by atoms with Gasteiger partial charge in [-0.25, -0.2) is 55.9 Å². The molecule has 0 atom stereocenters. The van der Waals surface area contributed by atoms with Crippen LogP contribution in [0.1, 0.15) is 0 Å². The second-order valence-corrected chi connectivity index (χ2v) is 3.40. The molecule has 0 amide bonds. The molecule has 12 nitrogen and oxygen atoms in total. The standard InChI is InChI=1S/3ClHO4.Tb/c3*2-1(3,4)5;/h3*(H,2,3,4,5);/q;;;+3/p-3. The summed E-state index contributed by atoms with van der Waals surface area (Å²) in [5.74, 6) is 0. The quantitative estimate of drug-likeness (QED) is 0.328. The minimum absolute atomic E-state index is 0.